The lowest BCUT2D eigenvalue weighted by Gasteiger charge is -2.29. The quantitative estimate of drug-likeness (QED) is 0.579. The summed E-state index contributed by atoms with van der Waals surface area (Å²) in [6.07, 6.45) is 16.6. The number of nitrogens with zero attached hydrogens (tertiary/aromatic N) is 1. The molecule has 0 amide bonds. The maximum absolute atomic E-state index is 8.49. The molecular weight excluding hydrogens is 490 g/mol. The Labute approximate surface area is 219 Å². The van der Waals surface area contributed by atoms with Crippen molar-refractivity contribution in [2.45, 2.75) is 19.3 Å². The molecule has 0 saturated heterocycles. The van der Waals surface area contributed by atoms with Gasteiger partial charge in [0.2, 0.25) is 0 Å². The van der Waals surface area contributed by atoms with Gasteiger partial charge >= 0.3 is 0 Å². The Bertz CT molecular complexity index is 1330. The van der Waals surface area contributed by atoms with Crippen LogP contribution in [0.15, 0.2) is 119 Å². The Kier molecular flexibility index (Phi) is 8.38. The van der Waals surface area contributed by atoms with Gasteiger partial charge in [-0.3, -0.25) is 0 Å². The Hall–Kier alpha value is -3.52. The van der Waals surface area contributed by atoms with Crippen LogP contribution >= 0.6 is 0 Å². The normalized spacial score (nSPS) is 17.0. The molecule has 1 aliphatic heterocycles. The van der Waals surface area contributed by atoms with E-state index in [0.29, 0.717) is 0 Å². The molecule has 2 aromatic carbocycles. The van der Waals surface area contributed by atoms with Gasteiger partial charge in [-0.05, 0) is 54.2 Å². The molecule has 0 unspecified atom stereocenters. The molecule has 3 aliphatic rings. The summed E-state index contributed by atoms with van der Waals surface area (Å²) < 4.78 is 42.7. The molecule has 37 heavy (non-hydrogen) atoms. The van der Waals surface area contributed by atoms with Crippen molar-refractivity contribution in [2.24, 2.45) is 0 Å². The lowest BCUT2D eigenvalue weighted by molar-refractivity contribution is -2.00. The molecule has 2 aromatic rings. The number of fused-ring (bicyclic) bond motifs is 1. The lowest BCUT2D eigenvalue weighted by atomic mass is 9.82. The van der Waals surface area contributed by atoms with Gasteiger partial charge < -0.3 is 4.74 Å². The first-order valence-electron chi connectivity index (χ1n) is 11.9. The summed E-state index contributed by atoms with van der Waals surface area (Å²) in [4.78, 5) is 0. The molecule has 0 radical (unpaired) electrons. The summed E-state index contributed by atoms with van der Waals surface area (Å²) in [5.74, 6) is 1.91. The van der Waals surface area contributed by atoms with Gasteiger partial charge in [-0.1, -0.05) is 66.7 Å². The zero-order valence-corrected chi connectivity index (χ0v) is 21.5. The van der Waals surface area contributed by atoms with E-state index < -0.39 is 10.2 Å². The molecule has 0 N–H and O–H groups in total. The number of hydrogen-bond acceptors (Lipinski definition) is 5. The molecular formula is C30H28ClNO5. The van der Waals surface area contributed by atoms with Crippen LogP contribution in [0.5, 0.6) is 0 Å². The minimum absolute atomic E-state index is 0.916. The third kappa shape index (κ3) is 7.26. The van der Waals surface area contributed by atoms with E-state index in [-0.39, 0.29) is 0 Å². The molecule has 1 heterocycles. The topological polar surface area (TPSA) is 104 Å². The predicted octanol–water partition coefficient (Wildman–Crippen LogP) is 1.96. The number of ether oxygens (including phenoxy) is 1. The maximum Gasteiger partial charge on any atom is 0.199 e. The molecule has 0 saturated carbocycles. The standard InChI is InChI=1S/C30H28NO.ClHO4/c1-31(2)26-18-16-22(17-19-26)20-25-14-9-15-27-28(25)21-29(23-10-5-3-6-11-23)32-30(27)24-12-7-4-8-13-24;2-1(3,4)5/h3-8,10-13,16-21H,9,14-15H2,1-2H3;(H,2,3,4,5)/q+1;/p-1. The highest BCUT2D eigenvalue weighted by Gasteiger charge is 2.26. The Morgan fingerprint density at radius 1 is 0.784 bits per heavy atom. The van der Waals surface area contributed by atoms with E-state index in [9.17, 15) is 0 Å². The van der Waals surface area contributed by atoms with Crippen molar-refractivity contribution in [1.29, 1.82) is 0 Å². The molecule has 0 bridgehead atoms. The highest BCUT2D eigenvalue weighted by atomic mass is 35.7. The van der Waals surface area contributed by atoms with E-state index in [1.165, 1.54) is 28.0 Å². The SMILES string of the molecule is C[N+](C)=C1C=CC(=CC2=C3C=C(c4ccccc4)OC(c4ccccc4)=C3CCC2)C=C1.[O-][Cl+3]([O-])([O-])[O-]. The first-order valence-corrected chi connectivity index (χ1v) is 13.1. The van der Waals surface area contributed by atoms with Crippen LogP contribution in [-0.2, 0) is 4.74 Å². The summed E-state index contributed by atoms with van der Waals surface area (Å²) in [7, 11) is -0.796. The molecule has 6 nitrogen and oxygen atoms in total. The van der Waals surface area contributed by atoms with Crippen LogP contribution in [0.1, 0.15) is 30.4 Å². The molecule has 5 rings (SSSR count). The molecule has 0 aromatic heterocycles. The fourth-order valence-corrected chi connectivity index (χ4v) is 4.45. The van der Waals surface area contributed by atoms with Gasteiger partial charge in [-0.2, -0.15) is 0 Å². The average molecular weight is 518 g/mol. The van der Waals surface area contributed by atoms with Crippen molar-refractivity contribution in [1.82, 2.24) is 0 Å². The van der Waals surface area contributed by atoms with E-state index in [0.717, 1.165) is 41.9 Å². The van der Waals surface area contributed by atoms with Crippen LogP contribution < -0.4 is 18.6 Å². The average Bonchev–Trinajstić information content (AvgIpc) is 2.89. The zero-order valence-electron chi connectivity index (χ0n) is 20.7. The largest absolute Gasteiger partial charge is 0.456 e. The Balaban J connectivity index is 0.000000586. The van der Waals surface area contributed by atoms with Crippen molar-refractivity contribution >= 4 is 17.2 Å². The molecule has 0 atom stereocenters. The third-order valence-corrected chi connectivity index (χ3v) is 6.15. The smallest absolute Gasteiger partial charge is 0.199 e. The molecule has 2 aliphatic carbocycles. The van der Waals surface area contributed by atoms with E-state index in [4.69, 9.17) is 23.4 Å². The second-order valence-electron chi connectivity index (χ2n) is 8.95. The van der Waals surface area contributed by atoms with Crippen LogP contribution in [0.3, 0.4) is 0 Å². The van der Waals surface area contributed by atoms with Crippen molar-refractivity contribution < 1.29 is 38.2 Å². The van der Waals surface area contributed by atoms with E-state index in [2.05, 4.69) is 110 Å². The fourth-order valence-electron chi connectivity index (χ4n) is 4.45. The fraction of sp³-hybridized carbons (Fsp3) is 0.167. The summed E-state index contributed by atoms with van der Waals surface area (Å²) in [6, 6.07) is 20.9. The number of rotatable bonds is 3. The van der Waals surface area contributed by atoms with Gasteiger partial charge in [0, 0.05) is 28.9 Å². The van der Waals surface area contributed by atoms with Gasteiger partial charge in [-0.25, -0.2) is 23.2 Å². The summed E-state index contributed by atoms with van der Waals surface area (Å²) in [5.41, 5.74) is 8.71. The minimum atomic E-state index is -4.94. The zero-order chi connectivity index (χ0) is 26.4. The Morgan fingerprint density at radius 3 is 1.92 bits per heavy atom. The van der Waals surface area contributed by atoms with Crippen molar-refractivity contribution in [3.63, 3.8) is 0 Å². The second-order valence-corrected chi connectivity index (χ2v) is 9.71. The van der Waals surface area contributed by atoms with Crippen molar-refractivity contribution in [2.75, 3.05) is 14.1 Å². The molecule has 190 valence electrons. The molecule has 7 heteroatoms. The molecule has 0 fully saturated rings. The van der Waals surface area contributed by atoms with Gasteiger partial charge in [-0.15, -0.1) is 10.2 Å². The molecule has 0 spiro atoms. The van der Waals surface area contributed by atoms with Crippen LogP contribution in [-0.4, -0.2) is 24.4 Å². The summed E-state index contributed by atoms with van der Waals surface area (Å²) >= 11 is 0. The number of halogens is 1. The van der Waals surface area contributed by atoms with E-state index in [1.807, 2.05) is 6.07 Å². The van der Waals surface area contributed by atoms with Crippen molar-refractivity contribution in [3.05, 3.63) is 131 Å². The Morgan fingerprint density at radius 2 is 1.35 bits per heavy atom. The maximum atomic E-state index is 8.49. The number of allylic oxidation sites excluding steroid dienone is 10. The summed E-state index contributed by atoms with van der Waals surface area (Å²) in [5, 5.41) is 0. The van der Waals surface area contributed by atoms with Gasteiger partial charge in [0.05, 0.1) is 0 Å². The highest BCUT2D eigenvalue weighted by Crippen LogP contribution is 2.43. The van der Waals surface area contributed by atoms with Crippen molar-refractivity contribution in [3.8, 4) is 0 Å². The van der Waals surface area contributed by atoms with Crippen LogP contribution in [0.2, 0.25) is 0 Å². The van der Waals surface area contributed by atoms with Gasteiger partial charge in [0.1, 0.15) is 25.6 Å². The summed E-state index contributed by atoms with van der Waals surface area (Å²) in [6.45, 7) is 0. The predicted molar refractivity (Wildman–Crippen MR) is 133 cm³/mol. The van der Waals surface area contributed by atoms with E-state index in [1.54, 1.807) is 0 Å². The third-order valence-electron chi connectivity index (χ3n) is 6.15. The first kappa shape index (κ1) is 26.5. The first-order chi connectivity index (χ1) is 17.7. The van der Waals surface area contributed by atoms with Gasteiger partial charge in [0.25, 0.3) is 0 Å². The monoisotopic (exact) mass is 517 g/mol. The van der Waals surface area contributed by atoms with Gasteiger partial charge in [0.15, 0.2) is 5.71 Å². The number of benzene rings is 2. The minimum Gasteiger partial charge on any atom is -0.456 e. The van der Waals surface area contributed by atoms with Crippen LogP contribution in [0, 0.1) is 10.2 Å². The number of hydrogen-bond donors (Lipinski definition) is 0. The second kappa shape index (κ2) is 11.7. The van der Waals surface area contributed by atoms with Crippen LogP contribution in [0.25, 0.3) is 11.5 Å². The van der Waals surface area contributed by atoms with Crippen LogP contribution in [0.4, 0.5) is 0 Å². The van der Waals surface area contributed by atoms with E-state index >= 15 is 0 Å². The lowest BCUT2D eigenvalue weighted by Crippen LogP contribution is -2.68. The highest BCUT2D eigenvalue weighted by molar-refractivity contribution is 6.02.